The van der Waals surface area contributed by atoms with Crippen molar-refractivity contribution in [2.75, 3.05) is 31.1 Å². The Balaban J connectivity index is 1.69. The third-order valence-corrected chi connectivity index (χ3v) is 5.79. The van der Waals surface area contributed by atoms with Crippen LogP contribution in [0.2, 0.25) is 0 Å². The van der Waals surface area contributed by atoms with Gasteiger partial charge in [0.2, 0.25) is 0 Å². The SMILES string of the molecule is CCCN1CC2(CCN(c3cc(CC)nc(C)n3)CC2)C[C@@H]1C(=O)O. The summed E-state index contributed by atoms with van der Waals surface area (Å²) in [7, 11) is 0. The van der Waals surface area contributed by atoms with E-state index in [4.69, 9.17) is 0 Å². The van der Waals surface area contributed by atoms with E-state index in [1.54, 1.807) is 0 Å². The number of hydrogen-bond donors (Lipinski definition) is 1. The number of piperidine rings is 1. The Hall–Kier alpha value is -1.69. The van der Waals surface area contributed by atoms with Crippen molar-refractivity contribution >= 4 is 11.8 Å². The lowest BCUT2D eigenvalue weighted by molar-refractivity contribution is -0.142. The van der Waals surface area contributed by atoms with Crippen LogP contribution in [0.3, 0.4) is 0 Å². The number of likely N-dealkylation sites (tertiary alicyclic amines) is 1. The number of aliphatic carboxylic acids is 1. The summed E-state index contributed by atoms with van der Waals surface area (Å²) in [6, 6.07) is 1.79. The normalized spacial score (nSPS) is 23.3. The van der Waals surface area contributed by atoms with E-state index >= 15 is 0 Å². The highest BCUT2D eigenvalue weighted by Gasteiger charge is 2.47. The van der Waals surface area contributed by atoms with Gasteiger partial charge < -0.3 is 10.0 Å². The Labute approximate surface area is 150 Å². The molecule has 6 nitrogen and oxygen atoms in total. The Morgan fingerprint density at radius 3 is 2.64 bits per heavy atom. The van der Waals surface area contributed by atoms with Crippen LogP contribution in [0.5, 0.6) is 0 Å². The zero-order valence-corrected chi connectivity index (χ0v) is 15.7. The first kappa shape index (κ1) is 18.1. The van der Waals surface area contributed by atoms with E-state index in [1.165, 1.54) is 0 Å². The zero-order valence-electron chi connectivity index (χ0n) is 15.7. The van der Waals surface area contributed by atoms with Crippen molar-refractivity contribution in [1.29, 1.82) is 0 Å². The maximum absolute atomic E-state index is 11.6. The number of aromatic nitrogens is 2. The maximum Gasteiger partial charge on any atom is 0.320 e. The minimum atomic E-state index is -0.660. The van der Waals surface area contributed by atoms with Crippen molar-refractivity contribution in [3.05, 3.63) is 17.6 Å². The van der Waals surface area contributed by atoms with Crippen LogP contribution < -0.4 is 4.90 Å². The quantitative estimate of drug-likeness (QED) is 0.883. The van der Waals surface area contributed by atoms with Crippen LogP contribution in [0, 0.1) is 12.3 Å². The van der Waals surface area contributed by atoms with Gasteiger partial charge in [0, 0.05) is 31.4 Å². The number of nitrogens with zero attached hydrogens (tertiary/aromatic N) is 4. The number of carbonyl (C=O) groups is 1. The van der Waals surface area contributed by atoms with E-state index in [0.717, 1.165) is 75.6 Å². The van der Waals surface area contributed by atoms with Crippen molar-refractivity contribution < 1.29 is 9.90 Å². The van der Waals surface area contributed by atoms with Gasteiger partial charge in [-0.3, -0.25) is 9.69 Å². The second-order valence-corrected chi connectivity index (χ2v) is 7.63. The van der Waals surface area contributed by atoms with Crippen LogP contribution in [0.4, 0.5) is 5.82 Å². The molecule has 1 N–H and O–H groups in total. The summed E-state index contributed by atoms with van der Waals surface area (Å²) in [6.07, 6.45) is 4.80. The predicted octanol–water partition coefficient (Wildman–Crippen LogP) is 2.50. The van der Waals surface area contributed by atoms with Crippen LogP contribution in [0.1, 0.15) is 51.0 Å². The highest BCUT2D eigenvalue weighted by Crippen LogP contribution is 2.44. The monoisotopic (exact) mass is 346 g/mol. The largest absolute Gasteiger partial charge is 0.480 e. The first-order valence-electron chi connectivity index (χ1n) is 9.53. The summed E-state index contributed by atoms with van der Waals surface area (Å²) < 4.78 is 0. The van der Waals surface area contributed by atoms with Crippen LogP contribution >= 0.6 is 0 Å². The van der Waals surface area contributed by atoms with Crippen molar-refractivity contribution in [3.63, 3.8) is 0 Å². The van der Waals surface area contributed by atoms with Crippen LogP contribution in [-0.2, 0) is 11.2 Å². The van der Waals surface area contributed by atoms with E-state index < -0.39 is 5.97 Å². The van der Waals surface area contributed by atoms with Crippen molar-refractivity contribution in [2.45, 2.75) is 58.9 Å². The highest BCUT2D eigenvalue weighted by molar-refractivity contribution is 5.74. The van der Waals surface area contributed by atoms with Gasteiger partial charge in [-0.2, -0.15) is 0 Å². The first-order chi connectivity index (χ1) is 12.0. The lowest BCUT2D eigenvalue weighted by Gasteiger charge is -2.40. The lowest BCUT2D eigenvalue weighted by Crippen LogP contribution is -2.42. The summed E-state index contributed by atoms with van der Waals surface area (Å²) in [5.41, 5.74) is 1.24. The topological polar surface area (TPSA) is 69.6 Å². The molecule has 1 spiro atoms. The first-order valence-corrected chi connectivity index (χ1v) is 9.53. The van der Waals surface area contributed by atoms with E-state index in [0.29, 0.717) is 0 Å². The summed E-state index contributed by atoms with van der Waals surface area (Å²) in [4.78, 5) is 25.3. The molecular formula is C19H30N4O2. The molecule has 0 unspecified atom stereocenters. The molecule has 25 heavy (non-hydrogen) atoms. The third kappa shape index (κ3) is 3.78. The molecule has 1 aromatic heterocycles. The second-order valence-electron chi connectivity index (χ2n) is 7.63. The van der Waals surface area contributed by atoms with Crippen molar-refractivity contribution in [1.82, 2.24) is 14.9 Å². The molecule has 1 atom stereocenters. The molecule has 138 valence electrons. The van der Waals surface area contributed by atoms with Crippen LogP contribution in [-0.4, -0.2) is 58.2 Å². The van der Waals surface area contributed by atoms with Gasteiger partial charge in [0.25, 0.3) is 0 Å². The maximum atomic E-state index is 11.6. The summed E-state index contributed by atoms with van der Waals surface area (Å²) in [5.74, 6) is 1.19. The molecule has 2 saturated heterocycles. The predicted molar refractivity (Wildman–Crippen MR) is 97.9 cm³/mol. The van der Waals surface area contributed by atoms with Crippen LogP contribution in [0.25, 0.3) is 0 Å². The molecule has 0 amide bonds. The van der Waals surface area contributed by atoms with Crippen molar-refractivity contribution in [3.8, 4) is 0 Å². The molecule has 0 radical (unpaired) electrons. The molecule has 3 heterocycles. The van der Waals surface area contributed by atoms with Gasteiger partial charge in [-0.15, -0.1) is 0 Å². The summed E-state index contributed by atoms with van der Waals surface area (Å²) >= 11 is 0. The van der Waals surface area contributed by atoms with E-state index in [-0.39, 0.29) is 11.5 Å². The minimum Gasteiger partial charge on any atom is -0.480 e. The molecule has 2 aliphatic rings. The van der Waals surface area contributed by atoms with Gasteiger partial charge in [0.05, 0.1) is 0 Å². The number of aryl methyl sites for hydroxylation is 2. The average Bonchev–Trinajstić information content (AvgIpc) is 2.93. The average molecular weight is 346 g/mol. The van der Waals surface area contributed by atoms with Gasteiger partial charge in [-0.25, -0.2) is 9.97 Å². The van der Waals surface area contributed by atoms with Gasteiger partial charge in [-0.1, -0.05) is 13.8 Å². The van der Waals surface area contributed by atoms with E-state index in [9.17, 15) is 9.90 Å². The van der Waals surface area contributed by atoms with Gasteiger partial charge in [-0.05, 0) is 51.0 Å². The van der Waals surface area contributed by atoms with E-state index in [2.05, 4.69) is 39.7 Å². The fraction of sp³-hybridized carbons (Fsp3) is 0.737. The third-order valence-electron chi connectivity index (χ3n) is 5.79. The van der Waals surface area contributed by atoms with E-state index in [1.807, 2.05) is 6.92 Å². The highest BCUT2D eigenvalue weighted by atomic mass is 16.4. The van der Waals surface area contributed by atoms with Gasteiger partial charge >= 0.3 is 5.97 Å². The minimum absolute atomic E-state index is 0.157. The number of carboxylic acid groups (broad SMARTS) is 1. The molecule has 0 bridgehead atoms. The zero-order chi connectivity index (χ0) is 18.0. The number of hydrogen-bond acceptors (Lipinski definition) is 5. The van der Waals surface area contributed by atoms with Gasteiger partial charge in [0.15, 0.2) is 0 Å². The fourth-order valence-corrected chi connectivity index (χ4v) is 4.44. The molecule has 6 heteroatoms. The molecule has 0 aliphatic carbocycles. The standard InChI is InChI=1S/C19H30N4O2/c1-4-8-23-13-19(12-16(23)18(24)25)6-9-22(10-7-19)17-11-15(5-2)20-14(3)21-17/h11,16H,4-10,12-13H2,1-3H3,(H,24,25)/t16-/m1/s1. The molecule has 0 saturated carbocycles. The lowest BCUT2D eigenvalue weighted by atomic mass is 9.76. The molecule has 2 aliphatic heterocycles. The molecule has 2 fully saturated rings. The summed E-state index contributed by atoms with van der Waals surface area (Å²) in [6.45, 7) is 9.89. The van der Waals surface area contributed by atoms with Gasteiger partial charge in [0.1, 0.15) is 17.7 Å². The fourth-order valence-electron chi connectivity index (χ4n) is 4.44. The number of anilines is 1. The molecule has 0 aromatic carbocycles. The van der Waals surface area contributed by atoms with Crippen molar-refractivity contribution in [2.24, 2.45) is 5.41 Å². The summed E-state index contributed by atoms with van der Waals surface area (Å²) in [5, 5.41) is 9.57. The Morgan fingerprint density at radius 1 is 1.32 bits per heavy atom. The smallest absolute Gasteiger partial charge is 0.320 e. The van der Waals surface area contributed by atoms with Crippen LogP contribution in [0.15, 0.2) is 6.07 Å². The number of carboxylic acids is 1. The molecule has 1 aromatic rings. The number of rotatable bonds is 5. The Bertz CT molecular complexity index is 626. The molecule has 3 rings (SSSR count). The Kier molecular flexibility index (Phi) is 5.27. The second kappa shape index (κ2) is 7.28. The molecular weight excluding hydrogens is 316 g/mol. The Morgan fingerprint density at radius 2 is 2.04 bits per heavy atom.